The maximum atomic E-state index is 12.9. The summed E-state index contributed by atoms with van der Waals surface area (Å²) in [5, 5.41) is 13.7. The number of hydrogen-bond acceptors (Lipinski definition) is 5. The Bertz CT molecular complexity index is 1510. The van der Waals surface area contributed by atoms with Crippen molar-refractivity contribution in [2.24, 2.45) is 0 Å². The number of benzene rings is 4. The van der Waals surface area contributed by atoms with E-state index < -0.39 is 5.91 Å². The molecule has 0 unspecified atom stereocenters. The van der Waals surface area contributed by atoms with E-state index in [0.717, 1.165) is 11.1 Å². The number of carbonyl (C=O) groups excluding carboxylic acids is 1. The molecular formula is C31H24Cl2N2O4. The lowest BCUT2D eigenvalue weighted by Gasteiger charge is -2.12. The fourth-order valence-electron chi connectivity index (χ4n) is 3.56. The molecule has 0 atom stereocenters. The van der Waals surface area contributed by atoms with Crippen LogP contribution in [0.3, 0.4) is 0 Å². The van der Waals surface area contributed by atoms with Gasteiger partial charge in [0.05, 0.1) is 7.11 Å². The number of hydrogen-bond donors (Lipinski definition) is 1. The fourth-order valence-corrected chi connectivity index (χ4v) is 3.90. The average Bonchev–Trinajstić information content (AvgIpc) is 2.95. The Labute approximate surface area is 237 Å². The largest absolute Gasteiger partial charge is 0.497 e. The number of anilines is 1. The van der Waals surface area contributed by atoms with Gasteiger partial charge >= 0.3 is 0 Å². The zero-order valence-electron chi connectivity index (χ0n) is 21.0. The maximum absolute atomic E-state index is 12.9. The van der Waals surface area contributed by atoms with E-state index in [4.69, 9.17) is 37.4 Å². The molecule has 0 saturated carbocycles. The van der Waals surface area contributed by atoms with Crippen LogP contribution in [0.5, 0.6) is 17.2 Å². The first-order valence-corrected chi connectivity index (χ1v) is 12.6. The molecule has 0 heterocycles. The number of nitrogens with zero attached hydrogens (tertiary/aromatic N) is 1. The van der Waals surface area contributed by atoms with E-state index in [9.17, 15) is 10.1 Å². The molecule has 0 aromatic heterocycles. The highest BCUT2D eigenvalue weighted by molar-refractivity contribution is 6.30. The number of rotatable bonds is 10. The number of nitriles is 1. The van der Waals surface area contributed by atoms with Gasteiger partial charge in [0.2, 0.25) is 0 Å². The SMILES string of the molecule is COc1ccc(/C=C(\C#N)C(=O)Nc2ccc(OCc3ccc(Cl)cc3)cc2)c(OCc2cccc(Cl)c2)c1. The second kappa shape index (κ2) is 13.4. The summed E-state index contributed by atoms with van der Waals surface area (Å²) in [5.41, 5.74) is 2.84. The third-order valence-electron chi connectivity index (χ3n) is 5.60. The first kappa shape index (κ1) is 27.6. The molecular weight excluding hydrogens is 535 g/mol. The van der Waals surface area contributed by atoms with Crippen LogP contribution in [0.2, 0.25) is 10.0 Å². The molecule has 4 rings (SSSR count). The summed E-state index contributed by atoms with van der Waals surface area (Å²) in [6.07, 6.45) is 1.48. The molecule has 1 N–H and O–H groups in total. The lowest BCUT2D eigenvalue weighted by Crippen LogP contribution is -2.13. The Morgan fingerprint density at radius 2 is 1.56 bits per heavy atom. The Hall–Kier alpha value is -4.44. The maximum Gasteiger partial charge on any atom is 0.266 e. The minimum atomic E-state index is -0.552. The van der Waals surface area contributed by atoms with Gasteiger partial charge in [-0.3, -0.25) is 4.79 Å². The Kier molecular flexibility index (Phi) is 9.47. The zero-order valence-corrected chi connectivity index (χ0v) is 22.5. The van der Waals surface area contributed by atoms with Gasteiger partial charge in [-0.15, -0.1) is 0 Å². The third kappa shape index (κ3) is 8.02. The summed E-state index contributed by atoms with van der Waals surface area (Å²) < 4.78 is 17.1. The molecule has 4 aromatic rings. The molecule has 8 heteroatoms. The number of ether oxygens (including phenoxy) is 3. The summed E-state index contributed by atoms with van der Waals surface area (Å²) in [6, 6.07) is 28.7. The number of amides is 1. The van der Waals surface area contributed by atoms with Gasteiger partial charge in [-0.1, -0.05) is 47.5 Å². The number of halogens is 2. The molecule has 0 aliphatic heterocycles. The van der Waals surface area contributed by atoms with Crippen LogP contribution in [0, 0.1) is 11.3 Å². The van der Waals surface area contributed by atoms with Crippen molar-refractivity contribution in [1.82, 2.24) is 0 Å². The molecule has 0 spiro atoms. The average molecular weight is 559 g/mol. The summed E-state index contributed by atoms with van der Waals surface area (Å²) >= 11 is 12.0. The second-order valence-electron chi connectivity index (χ2n) is 8.39. The van der Waals surface area contributed by atoms with Gasteiger partial charge in [0.15, 0.2) is 0 Å². The highest BCUT2D eigenvalue weighted by Crippen LogP contribution is 2.28. The molecule has 0 fully saturated rings. The van der Waals surface area contributed by atoms with Crippen molar-refractivity contribution in [3.8, 4) is 23.3 Å². The van der Waals surface area contributed by atoms with Crippen molar-refractivity contribution in [2.75, 3.05) is 12.4 Å². The summed E-state index contributed by atoms with van der Waals surface area (Å²) in [7, 11) is 1.55. The third-order valence-corrected chi connectivity index (χ3v) is 6.09. The first-order chi connectivity index (χ1) is 18.9. The van der Waals surface area contributed by atoms with Crippen molar-refractivity contribution in [3.63, 3.8) is 0 Å². The monoisotopic (exact) mass is 558 g/mol. The van der Waals surface area contributed by atoms with E-state index >= 15 is 0 Å². The van der Waals surface area contributed by atoms with Crippen molar-refractivity contribution in [3.05, 3.63) is 123 Å². The van der Waals surface area contributed by atoms with Crippen LogP contribution in [0.25, 0.3) is 6.08 Å². The van der Waals surface area contributed by atoms with Gasteiger partial charge in [-0.25, -0.2) is 0 Å². The summed E-state index contributed by atoms with van der Waals surface area (Å²) in [5.74, 6) is 1.12. The standard InChI is InChI=1S/C31H24Cl2N2O4/c1-37-29-12-7-23(30(17-29)39-20-22-3-2-4-26(33)15-22)16-24(18-34)31(36)35-27-10-13-28(14-11-27)38-19-21-5-8-25(32)9-6-21/h2-17H,19-20H2,1H3,(H,35,36)/b24-16+. The number of methoxy groups -OCH3 is 1. The number of carbonyl (C=O) groups is 1. The molecule has 0 radical (unpaired) electrons. The van der Waals surface area contributed by atoms with Crippen molar-refractivity contribution in [2.45, 2.75) is 13.2 Å². The van der Waals surface area contributed by atoms with Crippen LogP contribution >= 0.6 is 23.2 Å². The smallest absolute Gasteiger partial charge is 0.266 e. The molecule has 0 bridgehead atoms. The summed E-state index contributed by atoms with van der Waals surface area (Å²) in [4.78, 5) is 12.9. The Balaban J connectivity index is 1.44. The fraction of sp³-hybridized carbons (Fsp3) is 0.0968. The van der Waals surface area contributed by atoms with Gasteiger partial charge < -0.3 is 19.5 Å². The molecule has 196 valence electrons. The van der Waals surface area contributed by atoms with Crippen LogP contribution in [0.4, 0.5) is 5.69 Å². The van der Waals surface area contributed by atoms with E-state index in [1.54, 1.807) is 73.8 Å². The van der Waals surface area contributed by atoms with Gasteiger partial charge in [-0.2, -0.15) is 5.26 Å². The van der Waals surface area contributed by atoms with Gasteiger partial charge in [0, 0.05) is 27.4 Å². The minimum absolute atomic E-state index is 0.0872. The molecule has 4 aromatic carbocycles. The van der Waals surface area contributed by atoms with Gasteiger partial charge in [-0.05, 0) is 77.9 Å². The van der Waals surface area contributed by atoms with Crippen molar-refractivity contribution in [1.29, 1.82) is 5.26 Å². The molecule has 6 nitrogen and oxygen atoms in total. The Morgan fingerprint density at radius 3 is 2.26 bits per heavy atom. The van der Waals surface area contributed by atoms with Gasteiger partial charge in [0.1, 0.15) is 42.1 Å². The van der Waals surface area contributed by atoms with E-state index in [-0.39, 0.29) is 12.2 Å². The highest BCUT2D eigenvalue weighted by Gasteiger charge is 2.13. The predicted octanol–water partition coefficient (Wildman–Crippen LogP) is 7.71. The van der Waals surface area contributed by atoms with Crippen LogP contribution in [-0.2, 0) is 18.0 Å². The second-order valence-corrected chi connectivity index (χ2v) is 9.26. The molecule has 0 aliphatic carbocycles. The highest BCUT2D eigenvalue weighted by atomic mass is 35.5. The van der Waals surface area contributed by atoms with Gasteiger partial charge in [0.25, 0.3) is 5.91 Å². The molecule has 39 heavy (non-hydrogen) atoms. The lowest BCUT2D eigenvalue weighted by molar-refractivity contribution is -0.112. The van der Waals surface area contributed by atoms with Crippen LogP contribution in [0.1, 0.15) is 16.7 Å². The predicted molar refractivity (Wildman–Crippen MR) is 153 cm³/mol. The minimum Gasteiger partial charge on any atom is -0.497 e. The molecule has 0 aliphatic rings. The van der Waals surface area contributed by atoms with E-state index in [1.807, 2.05) is 30.3 Å². The van der Waals surface area contributed by atoms with Crippen LogP contribution in [0.15, 0.2) is 96.6 Å². The van der Waals surface area contributed by atoms with E-state index in [2.05, 4.69) is 5.32 Å². The quantitative estimate of drug-likeness (QED) is 0.159. The van der Waals surface area contributed by atoms with E-state index in [0.29, 0.717) is 45.2 Å². The Morgan fingerprint density at radius 1 is 0.846 bits per heavy atom. The number of nitrogens with one attached hydrogen (secondary N) is 1. The zero-order chi connectivity index (χ0) is 27.6. The van der Waals surface area contributed by atoms with E-state index in [1.165, 1.54) is 6.08 Å². The van der Waals surface area contributed by atoms with Crippen molar-refractivity contribution >= 4 is 40.9 Å². The first-order valence-electron chi connectivity index (χ1n) is 11.9. The molecule has 1 amide bonds. The van der Waals surface area contributed by atoms with Crippen LogP contribution < -0.4 is 19.5 Å². The van der Waals surface area contributed by atoms with Crippen molar-refractivity contribution < 1.29 is 19.0 Å². The molecule has 0 saturated heterocycles. The topological polar surface area (TPSA) is 80.6 Å². The van der Waals surface area contributed by atoms with Crippen LogP contribution in [-0.4, -0.2) is 13.0 Å². The normalized spacial score (nSPS) is 10.9. The summed E-state index contributed by atoms with van der Waals surface area (Å²) in [6.45, 7) is 0.628. The lowest BCUT2D eigenvalue weighted by atomic mass is 10.1.